The molecular weight excluding hydrogens is 274 g/mol. The van der Waals surface area contributed by atoms with E-state index in [0.717, 1.165) is 30.9 Å². The number of rotatable bonds is 6. The van der Waals surface area contributed by atoms with Crippen molar-refractivity contribution in [2.45, 2.75) is 56.9 Å². The lowest BCUT2D eigenvalue weighted by Gasteiger charge is -2.28. The van der Waals surface area contributed by atoms with Crippen molar-refractivity contribution >= 4 is 23.6 Å². The highest BCUT2D eigenvalue weighted by Crippen LogP contribution is 2.26. The quantitative estimate of drug-likeness (QED) is 0.680. The Hall–Kier alpha value is -0.750. The van der Waals surface area contributed by atoms with Gasteiger partial charge < -0.3 is 16.4 Å². The first-order valence-corrected chi connectivity index (χ1v) is 8.58. The van der Waals surface area contributed by atoms with Crippen molar-refractivity contribution in [2.75, 3.05) is 12.8 Å². The molecule has 0 aromatic rings. The summed E-state index contributed by atoms with van der Waals surface area (Å²) in [5.41, 5.74) is 5.71. The van der Waals surface area contributed by atoms with E-state index >= 15 is 0 Å². The molecule has 0 heterocycles. The molecular formula is C14H27N3O2S. The van der Waals surface area contributed by atoms with Gasteiger partial charge in [0, 0.05) is 11.3 Å². The highest BCUT2D eigenvalue weighted by atomic mass is 32.2. The summed E-state index contributed by atoms with van der Waals surface area (Å²) in [4.78, 5) is 23.4. The molecule has 1 rings (SSSR count). The number of carbonyl (C=O) groups excluding carboxylic acids is 2. The van der Waals surface area contributed by atoms with Gasteiger partial charge in [0.2, 0.25) is 11.8 Å². The Bertz CT molecular complexity index is 328. The highest BCUT2D eigenvalue weighted by molar-refractivity contribution is 7.99. The number of hydrogen-bond donors (Lipinski definition) is 3. The number of amides is 2. The Labute approximate surface area is 125 Å². The Morgan fingerprint density at radius 3 is 2.35 bits per heavy atom. The topological polar surface area (TPSA) is 84.2 Å². The average molecular weight is 301 g/mol. The van der Waals surface area contributed by atoms with Gasteiger partial charge in [-0.15, -0.1) is 0 Å². The molecule has 0 saturated heterocycles. The van der Waals surface area contributed by atoms with Crippen LogP contribution in [0.1, 0.15) is 39.5 Å². The van der Waals surface area contributed by atoms with E-state index in [-0.39, 0.29) is 30.3 Å². The van der Waals surface area contributed by atoms with Crippen molar-refractivity contribution in [3.8, 4) is 0 Å². The number of carbonyl (C=O) groups is 2. The van der Waals surface area contributed by atoms with Gasteiger partial charge in [-0.25, -0.2) is 0 Å². The monoisotopic (exact) mass is 301 g/mol. The predicted molar refractivity (Wildman–Crippen MR) is 83.5 cm³/mol. The third kappa shape index (κ3) is 5.71. The van der Waals surface area contributed by atoms with Gasteiger partial charge in [0.25, 0.3) is 0 Å². The molecule has 1 atom stereocenters. The Kier molecular flexibility index (Phi) is 7.37. The molecule has 0 unspecified atom stereocenters. The Morgan fingerprint density at radius 1 is 1.25 bits per heavy atom. The van der Waals surface area contributed by atoms with E-state index < -0.39 is 6.04 Å². The summed E-state index contributed by atoms with van der Waals surface area (Å²) in [6.07, 6.45) is 6.48. The number of thioether (sulfide) groups is 1. The molecule has 2 amide bonds. The van der Waals surface area contributed by atoms with Crippen molar-refractivity contribution in [1.82, 2.24) is 10.6 Å². The van der Waals surface area contributed by atoms with Crippen molar-refractivity contribution in [3.63, 3.8) is 0 Å². The van der Waals surface area contributed by atoms with Gasteiger partial charge in [0.1, 0.15) is 0 Å². The second-order valence-electron chi connectivity index (χ2n) is 5.76. The SMILES string of the molecule is CSC1CCC(NC(=O)CNC(=O)[C@@H](N)C(C)C)CC1. The van der Waals surface area contributed by atoms with Crippen LogP contribution in [0.25, 0.3) is 0 Å². The Balaban J connectivity index is 2.22. The minimum atomic E-state index is -0.556. The fraction of sp³-hybridized carbons (Fsp3) is 0.857. The summed E-state index contributed by atoms with van der Waals surface area (Å²) in [5.74, 6) is -0.317. The molecule has 4 N–H and O–H groups in total. The first-order valence-electron chi connectivity index (χ1n) is 7.29. The van der Waals surface area contributed by atoms with Crippen LogP contribution in [-0.2, 0) is 9.59 Å². The standard InChI is InChI=1S/C14H27N3O2S/c1-9(2)13(15)14(19)16-8-12(18)17-10-4-6-11(20-3)7-5-10/h9-11,13H,4-8,15H2,1-3H3,(H,16,19)(H,17,18)/t10?,11?,13-/m0/s1. The molecule has 1 saturated carbocycles. The van der Waals surface area contributed by atoms with Gasteiger partial charge in [0.15, 0.2) is 0 Å². The molecule has 0 radical (unpaired) electrons. The summed E-state index contributed by atoms with van der Waals surface area (Å²) in [6.45, 7) is 3.78. The predicted octanol–water partition coefficient (Wildman–Crippen LogP) is 0.876. The first kappa shape index (κ1) is 17.3. The van der Waals surface area contributed by atoms with Crippen LogP contribution in [-0.4, -0.2) is 41.9 Å². The van der Waals surface area contributed by atoms with Crippen LogP contribution < -0.4 is 16.4 Å². The molecule has 0 aliphatic heterocycles. The summed E-state index contributed by atoms with van der Waals surface area (Å²) >= 11 is 1.90. The van der Waals surface area contributed by atoms with Crippen LogP contribution >= 0.6 is 11.8 Å². The van der Waals surface area contributed by atoms with E-state index in [4.69, 9.17) is 5.73 Å². The van der Waals surface area contributed by atoms with E-state index in [9.17, 15) is 9.59 Å². The van der Waals surface area contributed by atoms with Crippen LogP contribution in [0.4, 0.5) is 0 Å². The molecule has 6 heteroatoms. The third-order valence-corrected chi connectivity index (χ3v) is 4.95. The zero-order chi connectivity index (χ0) is 15.1. The minimum absolute atomic E-state index is 0.0156. The summed E-state index contributed by atoms with van der Waals surface area (Å²) in [5, 5.41) is 6.30. The van der Waals surface area contributed by atoms with Gasteiger partial charge >= 0.3 is 0 Å². The zero-order valence-electron chi connectivity index (χ0n) is 12.6. The first-order chi connectivity index (χ1) is 9.43. The smallest absolute Gasteiger partial charge is 0.239 e. The van der Waals surface area contributed by atoms with Gasteiger partial charge in [-0.2, -0.15) is 11.8 Å². The molecule has 1 aliphatic rings. The minimum Gasteiger partial charge on any atom is -0.352 e. The van der Waals surface area contributed by atoms with Crippen molar-refractivity contribution < 1.29 is 9.59 Å². The molecule has 116 valence electrons. The zero-order valence-corrected chi connectivity index (χ0v) is 13.5. The summed E-state index contributed by atoms with van der Waals surface area (Å²) in [6, 6.07) is -0.304. The molecule has 20 heavy (non-hydrogen) atoms. The van der Waals surface area contributed by atoms with Gasteiger partial charge in [-0.3, -0.25) is 9.59 Å². The fourth-order valence-electron chi connectivity index (χ4n) is 2.31. The third-order valence-electron chi connectivity index (χ3n) is 3.82. The second kappa shape index (κ2) is 8.52. The summed E-state index contributed by atoms with van der Waals surface area (Å²) < 4.78 is 0. The number of nitrogens with two attached hydrogens (primary N) is 1. The molecule has 0 spiro atoms. The maximum absolute atomic E-state index is 11.8. The lowest BCUT2D eigenvalue weighted by Crippen LogP contribution is -2.48. The maximum Gasteiger partial charge on any atom is 0.239 e. The van der Waals surface area contributed by atoms with E-state index in [1.165, 1.54) is 0 Å². The number of hydrogen-bond acceptors (Lipinski definition) is 4. The van der Waals surface area contributed by atoms with Crippen molar-refractivity contribution in [1.29, 1.82) is 0 Å². The van der Waals surface area contributed by atoms with Crippen LogP contribution in [0.15, 0.2) is 0 Å². The van der Waals surface area contributed by atoms with Crippen molar-refractivity contribution in [3.05, 3.63) is 0 Å². The fourth-order valence-corrected chi connectivity index (χ4v) is 3.05. The molecule has 0 aromatic heterocycles. The van der Waals surface area contributed by atoms with E-state index in [2.05, 4.69) is 16.9 Å². The van der Waals surface area contributed by atoms with Gasteiger partial charge in [-0.1, -0.05) is 13.8 Å². The normalized spacial score (nSPS) is 24.2. The van der Waals surface area contributed by atoms with Crippen LogP contribution in [0.3, 0.4) is 0 Å². The highest BCUT2D eigenvalue weighted by Gasteiger charge is 2.22. The van der Waals surface area contributed by atoms with E-state index in [1.54, 1.807) is 0 Å². The van der Waals surface area contributed by atoms with Crippen LogP contribution in [0, 0.1) is 5.92 Å². The van der Waals surface area contributed by atoms with Crippen LogP contribution in [0.2, 0.25) is 0 Å². The molecule has 0 aromatic carbocycles. The van der Waals surface area contributed by atoms with Gasteiger partial charge in [0.05, 0.1) is 12.6 Å². The van der Waals surface area contributed by atoms with Crippen molar-refractivity contribution in [2.24, 2.45) is 11.7 Å². The van der Waals surface area contributed by atoms with Gasteiger partial charge in [-0.05, 0) is 37.9 Å². The van der Waals surface area contributed by atoms with E-state index in [1.807, 2.05) is 25.6 Å². The van der Waals surface area contributed by atoms with E-state index in [0.29, 0.717) is 0 Å². The molecule has 5 nitrogen and oxygen atoms in total. The molecule has 0 bridgehead atoms. The summed E-state index contributed by atoms with van der Waals surface area (Å²) in [7, 11) is 0. The lowest BCUT2D eigenvalue weighted by molar-refractivity contribution is -0.127. The van der Waals surface area contributed by atoms with Crippen LogP contribution in [0.5, 0.6) is 0 Å². The average Bonchev–Trinajstić information content (AvgIpc) is 2.44. The largest absolute Gasteiger partial charge is 0.352 e. The maximum atomic E-state index is 11.8. The lowest BCUT2D eigenvalue weighted by atomic mass is 9.95. The molecule has 1 aliphatic carbocycles. The molecule has 1 fully saturated rings. The number of nitrogens with one attached hydrogen (secondary N) is 2. The second-order valence-corrected chi connectivity index (χ2v) is 6.90. The Morgan fingerprint density at radius 2 is 1.85 bits per heavy atom.